The maximum absolute atomic E-state index is 11.8. The van der Waals surface area contributed by atoms with E-state index >= 15 is 0 Å². The van der Waals surface area contributed by atoms with Crippen LogP contribution < -0.4 is 10.0 Å². The molecule has 20 heavy (non-hydrogen) atoms. The Balaban J connectivity index is 2.62. The highest BCUT2D eigenvalue weighted by atomic mass is 32.2. The third-order valence-electron chi connectivity index (χ3n) is 2.45. The molecule has 0 amide bonds. The topological polar surface area (TPSA) is 84.5 Å². The van der Waals surface area contributed by atoms with Crippen LogP contribution in [-0.4, -0.2) is 34.1 Å². The normalized spacial score (nSPS) is 11.1. The minimum Gasteiger partial charge on any atom is -0.465 e. The van der Waals surface area contributed by atoms with E-state index in [0.717, 1.165) is 6.42 Å². The molecule has 1 rings (SSSR count). The van der Waals surface area contributed by atoms with Crippen molar-refractivity contribution in [2.24, 2.45) is 0 Å². The highest BCUT2D eigenvalue weighted by Gasteiger charge is 2.12. The lowest BCUT2D eigenvalue weighted by molar-refractivity contribution is -0.140. The Morgan fingerprint density at radius 2 is 1.85 bits per heavy atom. The summed E-state index contributed by atoms with van der Waals surface area (Å²) in [6, 6.07) is 6.20. The van der Waals surface area contributed by atoms with Crippen LogP contribution in [0.4, 0.5) is 5.69 Å². The summed E-state index contributed by atoms with van der Waals surface area (Å²) in [4.78, 5) is 11.4. The molecule has 0 radical (unpaired) electrons. The number of anilines is 1. The van der Waals surface area contributed by atoms with Gasteiger partial charge in [0, 0.05) is 12.2 Å². The second-order valence-corrected chi connectivity index (χ2v) is 5.85. The molecule has 0 aromatic heterocycles. The Morgan fingerprint density at radius 3 is 2.40 bits per heavy atom. The van der Waals surface area contributed by atoms with Crippen molar-refractivity contribution in [1.82, 2.24) is 4.72 Å². The van der Waals surface area contributed by atoms with E-state index in [0.29, 0.717) is 18.8 Å². The van der Waals surface area contributed by atoms with Gasteiger partial charge in [0.1, 0.15) is 6.54 Å². The van der Waals surface area contributed by atoms with Gasteiger partial charge in [-0.25, -0.2) is 13.1 Å². The van der Waals surface area contributed by atoms with Gasteiger partial charge >= 0.3 is 5.97 Å². The zero-order valence-electron chi connectivity index (χ0n) is 11.7. The van der Waals surface area contributed by atoms with Gasteiger partial charge in [-0.2, -0.15) is 0 Å². The number of rotatable bonds is 8. The zero-order chi connectivity index (χ0) is 15.0. The lowest BCUT2D eigenvalue weighted by atomic mass is 10.3. The van der Waals surface area contributed by atoms with Crippen LogP contribution in [0.5, 0.6) is 0 Å². The number of esters is 1. The number of ether oxygens (including phenoxy) is 1. The van der Waals surface area contributed by atoms with Gasteiger partial charge in [-0.3, -0.25) is 4.79 Å². The molecule has 0 atom stereocenters. The van der Waals surface area contributed by atoms with Crippen molar-refractivity contribution in [3.05, 3.63) is 24.3 Å². The van der Waals surface area contributed by atoms with E-state index in [4.69, 9.17) is 4.74 Å². The van der Waals surface area contributed by atoms with Gasteiger partial charge in [-0.05, 0) is 37.6 Å². The second kappa shape index (κ2) is 7.86. The summed E-state index contributed by atoms with van der Waals surface area (Å²) in [6.07, 6.45) is 0.735. The molecular weight excluding hydrogens is 280 g/mol. The van der Waals surface area contributed by atoms with E-state index in [-0.39, 0.29) is 17.4 Å². The van der Waals surface area contributed by atoms with E-state index in [1.807, 2.05) is 6.92 Å². The lowest BCUT2D eigenvalue weighted by Crippen LogP contribution is -2.24. The van der Waals surface area contributed by atoms with Crippen molar-refractivity contribution in [2.45, 2.75) is 25.2 Å². The predicted octanol–water partition coefficient (Wildman–Crippen LogP) is 1.35. The van der Waals surface area contributed by atoms with Crippen LogP contribution in [0.25, 0.3) is 0 Å². The fourth-order valence-corrected chi connectivity index (χ4v) is 2.59. The van der Waals surface area contributed by atoms with Crippen molar-refractivity contribution in [3.8, 4) is 0 Å². The monoisotopic (exact) mass is 300 g/mol. The maximum atomic E-state index is 11.8. The summed E-state index contributed by atoms with van der Waals surface area (Å²) in [5.74, 6) is -0.353. The van der Waals surface area contributed by atoms with Crippen LogP contribution in [0, 0.1) is 0 Å². The molecule has 0 spiro atoms. The summed E-state index contributed by atoms with van der Waals surface area (Å²) < 4.78 is 31.0. The first kappa shape index (κ1) is 16.5. The number of carbonyl (C=O) groups is 1. The quantitative estimate of drug-likeness (QED) is 0.708. The van der Waals surface area contributed by atoms with Gasteiger partial charge in [-0.1, -0.05) is 6.92 Å². The number of sulfonamides is 1. The first-order chi connectivity index (χ1) is 9.49. The standard InChI is InChI=1S/C13H20N2O4S/c1-3-9-15-20(17,18)12-7-5-11(6-8-12)14-10-13(16)19-4-2/h5-8,14-15H,3-4,9-10H2,1-2H3. The Morgan fingerprint density at radius 1 is 1.20 bits per heavy atom. The zero-order valence-corrected chi connectivity index (χ0v) is 12.5. The predicted molar refractivity (Wildman–Crippen MR) is 77.0 cm³/mol. The molecule has 0 saturated heterocycles. The maximum Gasteiger partial charge on any atom is 0.325 e. The Bertz CT molecular complexity index is 526. The molecule has 112 valence electrons. The summed E-state index contributed by atoms with van der Waals surface area (Å²) in [5, 5.41) is 2.86. The minimum atomic E-state index is -3.45. The molecule has 1 aromatic carbocycles. The van der Waals surface area contributed by atoms with Gasteiger partial charge < -0.3 is 10.1 Å². The average molecular weight is 300 g/mol. The highest BCUT2D eigenvalue weighted by Crippen LogP contribution is 2.13. The van der Waals surface area contributed by atoms with E-state index in [1.165, 1.54) is 12.1 Å². The van der Waals surface area contributed by atoms with E-state index in [1.54, 1.807) is 19.1 Å². The van der Waals surface area contributed by atoms with Crippen LogP contribution in [0.2, 0.25) is 0 Å². The molecule has 7 heteroatoms. The van der Waals surface area contributed by atoms with Gasteiger partial charge in [0.25, 0.3) is 0 Å². The number of carbonyl (C=O) groups excluding carboxylic acids is 1. The SMILES string of the molecule is CCCNS(=O)(=O)c1ccc(NCC(=O)OCC)cc1. The van der Waals surface area contributed by atoms with E-state index < -0.39 is 10.0 Å². The average Bonchev–Trinajstić information content (AvgIpc) is 2.44. The summed E-state index contributed by atoms with van der Waals surface area (Å²) in [6.45, 7) is 4.42. The second-order valence-electron chi connectivity index (χ2n) is 4.08. The van der Waals surface area contributed by atoms with E-state index in [2.05, 4.69) is 10.0 Å². The van der Waals surface area contributed by atoms with E-state index in [9.17, 15) is 13.2 Å². The lowest BCUT2D eigenvalue weighted by Gasteiger charge is -2.08. The minimum absolute atomic E-state index is 0.0496. The molecule has 0 aliphatic heterocycles. The smallest absolute Gasteiger partial charge is 0.325 e. The molecule has 0 fully saturated rings. The first-order valence-electron chi connectivity index (χ1n) is 6.48. The Kier molecular flexibility index (Phi) is 6.47. The third-order valence-corrected chi connectivity index (χ3v) is 3.93. The highest BCUT2D eigenvalue weighted by molar-refractivity contribution is 7.89. The largest absolute Gasteiger partial charge is 0.465 e. The molecule has 0 aliphatic carbocycles. The molecule has 1 aromatic rings. The summed E-state index contributed by atoms with van der Waals surface area (Å²) in [7, 11) is -3.45. The number of hydrogen-bond acceptors (Lipinski definition) is 5. The molecule has 0 aliphatic rings. The first-order valence-corrected chi connectivity index (χ1v) is 7.97. The molecule has 6 nitrogen and oxygen atoms in total. The van der Waals surface area contributed by atoms with Gasteiger partial charge in [0.2, 0.25) is 10.0 Å². The Labute approximate surface area is 119 Å². The van der Waals surface area contributed by atoms with Crippen LogP contribution in [0.3, 0.4) is 0 Å². The fraction of sp³-hybridized carbons (Fsp3) is 0.462. The molecule has 0 heterocycles. The molecule has 0 unspecified atom stereocenters. The van der Waals surface area contributed by atoms with Gasteiger partial charge in [-0.15, -0.1) is 0 Å². The van der Waals surface area contributed by atoms with Crippen LogP contribution in [0.1, 0.15) is 20.3 Å². The number of nitrogens with one attached hydrogen (secondary N) is 2. The number of hydrogen-bond donors (Lipinski definition) is 2. The van der Waals surface area contributed by atoms with Crippen LogP contribution >= 0.6 is 0 Å². The van der Waals surface area contributed by atoms with Crippen molar-refractivity contribution in [2.75, 3.05) is 25.0 Å². The summed E-state index contributed by atoms with van der Waals surface area (Å²) in [5.41, 5.74) is 0.660. The molecule has 0 bridgehead atoms. The molecular formula is C13H20N2O4S. The number of benzene rings is 1. The van der Waals surface area contributed by atoms with Crippen molar-refractivity contribution in [1.29, 1.82) is 0 Å². The summed E-state index contributed by atoms with van der Waals surface area (Å²) >= 11 is 0. The van der Waals surface area contributed by atoms with Crippen molar-refractivity contribution >= 4 is 21.7 Å². The van der Waals surface area contributed by atoms with Gasteiger partial charge in [0.15, 0.2) is 0 Å². The fourth-order valence-electron chi connectivity index (χ4n) is 1.46. The van der Waals surface area contributed by atoms with Crippen molar-refractivity contribution in [3.63, 3.8) is 0 Å². The molecule has 0 saturated carbocycles. The van der Waals surface area contributed by atoms with Crippen LogP contribution in [0.15, 0.2) is 29.2 Å². The van der Waals surface area contributed by atoms with Crippen LogP contribution in [-0.2, 0) is 19.6 Å². The third kappa shape index (κ3) is 5.18. The molecule has 2 N–H and O–H groups in total. The van der Waals surface area contributed by atoms with Gasteiger partial charge in [0.05, 0.1) is 11.5 Å². The Hall–Kier alpha value is -1.60. The van der Waals surface area contributed by atoms with Crippen molar-refractivity contribution < 1.29 is 17.9 Å².